The summed E-state index contributed by atoms with van der Waals surface area (Å²) in [5, 5.41) is 12.3. The SMILES string of the molecule is CCOC(=O)c1cc2c(cn1)[nH]c1cccc(Oc3ccc([N+](=O)[O-])cn3)c12. The lowest BCUT2D eigenvalue weighted by molar-refractivity contribution is -0.385. The first-order chi connectivity index (χ1) is 13.6. The molecule has 9 nitrogen and oxygen atoms in total. The van der Waals surface area contributed by atoms with E-state index in [9.17, 15) is 14.9 Å². The zero-order valence-electron chi connectivity index (χ0n) is 14.7. The van der Waals surface area contributed by atoms with Crippen LogP contribution in [0, 0.1) is 10.1 Å². The Hall–Kier alpha value is -4.01. The van der Waals surface area contributed by atoms with E-state index in [4.69, 9.17) is 9.47 Å². The summed E-state index contributed by atoms with van der Waals surface area (Å²) in [7, 11) is 0. The van der Waals surface area contributed by atoms with Crippen LogP contribution in [0.15, 0.2) is 48.8 Å². The minimum Gasteiger partial charge on any atom is -0.461 e. The number of nitrogens with zero attached hydrogens (tertiary/aromatic N) is 3. The first kappa shape index (κ1) is 17.4. The van der Waals surface area contributed by atoms with Gasteiger partial charge in [-0.05, 0) is 25.1 Å². The third kappa shape index (κ3) is 3.09. The molecule has 0 spiro atoms. The molecule has 0 saturated heterocycles. The predicted molar refractivity (Wildman–Crippen MR) is 101 cm³/mol. The van der Waals surface area contributed by atoms with Crippen molar-refractivity contribution in [1.82, 2.24) is 15.0 Å². The number of pyridine rings is 2. The summed E-state index contributed by atoms with van der Waals surface area (Å²) in [6, 6.07) is 9.82. The quantitative estimate of drug-likeness (QED) is 0.317. The van der Waals surface area contributed by atoms with Gasteiger partial charge in [-0.3, -0.25) is 10.1 Å². The zero-order chi connectivity index (χ0) is 19.7. The highest BCUT2D eigenvalue weighted by molar-refractivity contribution is 6.11. The molecule has 0 radical (unpaired) electrons. The number of carbonyl (C=O) groups excluding carboxylic acids is 1. The van der Waals surface area contributed by atoms with Gasteiger partial charge in [-0.15, -0.1) is 0 Å². The highest BCUT2D eigenvalue weighted by atomic mass is 16.6. The number of hydrogen-bond donors (Lipinski definition) is 1. The van der Waals surface area contributed by atoms with Crippen molar-refractivity contribution in [3.05, 3.63) is 64.6 Å². The van der Waals surface area contributed by atoms with E-state index < -0.39 is 10.9 Å². The number of nitro groups is 1. The number of ether oxygens (including phenoxy) is 2. The topological polar surface area (TPSA) is 120 Å². The van der Waals surface area contributed by atoms with Crippen molar-refractivity contribution in [3.8, 4) is 11.6 Å². The molecule has 0 aliphatic rings. The summed E-state index contributed by atoms with van der Waals surface area (Å²) in [6.45, 7) is 1.98. The van der Waals surface area contributed by atoms with Gasteiger partial charge in [0.05, 0.1) is 34.1 Å². The number of fused-ring (bicyclic) bond motifs is 3. The van der Waals surface area contributed by atoms with Crippen LogP contribution in [-0.2, 0) is 4.74 Å². The predicted octanol–water partition coefficient (Wildman–Crippen LogP) is 3.99. The summed E-state index contributed by atoms with van der Waals surface area (Å²) >= 11 is 0. The Morgan fingerprint density at radius 2 is 2.04 bits per heavy atom. The number of rotatable bonds is 5. The Labute approximate surface area is 158 Å². The van der Waals surface area contributed by atoms with Crippen LogP contribution in [0.2, 0.25) is 0 Å². The van der Waals surface area contributed by atoms with Gasteiger partial charge in [-0.1, -0.05) is 6.07 Å². The van der Waals surface area contributed by atoms with Crippen LogP contribution in [-0.4, -0.2) is 32.5 Å². The average Bonchev–Trinajstić information content (AvgIpc) is 3.07. The van der Waals surface area contributed by atoms with Gasteiger partial charge in [-0.25, -0.2) is 14.8 Å². The van der Waals surface area contributed by atoms with E-state index in [0.29, 0.717) is 5.75 Å². The Balaban J connectivity index is 1.79. The van der Waals surface area contributed by atoms with Crippen LogP contribution in [0.5, 0.6) is 11.6 Å². The highest BCUT2D eigenvalue weighted by Crippen LogP contribution is 2.35. The lowest BCUT2D eigenvalue weighted by Crippen LogP contribution is -2.06. The fraction of sp³-hybridized carbons (Fsp3) is 0.105. The maximum Gasteiger partial charge on any atom is 0.356 e. The second-order valence-electron chi connectivity index (χ2n) is 5.85. The molecular weight excluding hydrogens is 364 g/mol. The highest BCUT2D eigenvalue weighted by Gasteiger charge is 2.15. The molecule has 4 rings (SSSR count). The molecule has 3 heterocycles. The van der Waals surface area contributed by atoms with Crippen molar-refractivity contribution >= 4 is 33.5 Å². The fourth-order valence-corrected chi connectivity index (χ4v) is 2.88. The number of esters is 1. The van der Waals surface area contributed by atoms with Gasteiger partial charge in [-0.2, -0.15) is 0 Å². The van der Waals surface area contributed by atoms with Gasteiger partial charge in [0.25, 0.3) is 5.69 Å². The van der Waals surface area contributed by atoms with Gasteiger partial charge in [0.15, 0.2) is 0 Å². The van der Waals surface area contributed by atoms with E-state index in [1.807, 2.05) is 6.07 Å². The summed E-state index contributed by atoms with van der Waals surface area (Å²) in [5.74, 6) is 0.201. The van der Waals surface area contributed by atoms with Gasteiger partial charge >= 0.3 is 5.97 Å². The van der Waals surface area contributed by atoms with Gasteiger partial charge in [0.1, 0.15) is 17.6 Å². The Morgan fingerprint density at radius 1 is 1.18 bits per heavy atom. The number of aromatic amines is 1. The fourth-order valence-electron chi connectivity index (χ4n) is 2.88. The molecule has 0 unspecified atom stereocenters. The van der Waals surface area contributed by atoms with E-state index in [2.05, 4.69) is 15.0 Å². The molecule has 0 atom stereocenters. The van der Waals surface area contributed by atoms with Crippen LogP contribution < -0.4 is 4.74 Å². The lowest BCUT2D eigenvalue weighted by Gasteiger charge is -2.06. The number of H-pyrrole nitrogens is 1. The third-order valence-electron chi connectivity index (χ3n) is 4.10. The Morgan fingerprint density at radius 3 is 2.75 bits per heavy atom. The third-order valence-corrected chi connectivity index (χ3v) is 4.10. The van der Waals surface area contributed by atoms with E-state index in [1.165, 1.54) is 12.1 Å². The summed E-state index contributed by atoms with van der Waals surface area (Å²) in [6.07, 6.45) is 2.70. The summed E-state index contributed by atoms with van der Waals surface area (Å²) in [4.78, 5) is 33.6. The van der Waals surface area contributed by atoms with E-state index in [1.54, 1.807) is 31.3 Å². The maximum atomic E-state index is 12.0. The van der Waals surface area contributed by atoms with Crippen LogP contribution >= 0.6 is 0 Å². The van der Waals surface area contributed by atoms with Crippen LogP contribution in [0.1, 0.15) is 17.4 Å². The largest absolute Gasteiger partial charge is 0.461 e. The molecular formula is C19H14N4O5. The molecule has 0 saturated carbocycles. The number of carbonyl (C=O) groups is 1. The number of aromatic nitrogens is 3. The number of benzene rings is 1. The van der Waals surface area contributed by atoms with Crippen molar-refractivity contribution in [1.29, 1.82) is 0 Å². The van der Waals surface area contributed by atoms with Crippen molar-refractivity contribution in [2.24, 2.45) is 0 Å². The molecule has 28 heavy (non-hydrogen) atoms. The molecule has 1 aromatic carbocycles. The minimum absolute atomic E-state index is 0.122. The average molecular weight is 378 g/mol. The molecule has 3 aromatic heterocycles. The normalized spacial score (nSPS) is 10.9. The molecule has 0 aliphatic heterocycles. The first-order valence-corrected chi connectivity index (χ1v) is 8.42. The summed E-state index contributed by atoms with van der Waals surface area (Å²) in [5.41, 5.74) is 1.59. The standard InChI is InChI=1S/C19H14N4O5/c1-2-27-19(24)14-8-12-15(10-20-14)22-13-4-3-5-16(18(12)13)28-17-7-6-11(9-21-17)23(25)26/h3-10,22H,2H2,1H3. The molecule has 0 fully saturated rings. The molecule has 140 valence electrons. The molecule has 0 aliphatic carbocycles. The Bertz CT molecular complexity index is 1200. The Kier molecular flexibility index (Phi) is 4.32. The van der Waals surface area contributed by atoms with Crippen molar-refractivity contribution in [2.45, 2.75) is 6.92 Å². The lowest BCUT2D eigenvalue weighted by atomic mass is 10.1. The van der Waals surface area contributed by atoms with E-state index >= 15 is 0 Å². The molecule has 9 heteroatoms. The van der Waals surface area contributed by atoms with Gasteiger partial charge < -0.3 is 14.5 Å². The number of nitrogens with one attached hydrogen (secondary N) is 1. The van der Waals surface area contributed by atoms with Crippen LogP contribution in [0.25, 0.3) is 21.8 Å². The van der Waals surface area contributed by atoms with E-state index in [-0.39, 0.29) is 23.9 Å². The van der Waals surface area contributed by atoms with Crippen molar-refractivity contribution in [3.63, 3.8) is 0 Å². The molecule has 4 aromatic rings. The van der Waals surface area contributed by atoms with E-state index in [0.717, 1.165) is 28.0 Å². The zero-order valence-corrected chi connectivity index (χ0v) is 14.7. The van der Waals surface area contributed by atoms with Crippen molar-refractivity contribution in [2.75, 3.05) is 6.61 Å². The molecule has 1 N–H and O–H groups in total. The van der Waals surface area contributed by atoms with Crippen LogP contribution in [0.3, 0.4) is 0 Å². The maximum absolute atomic E-state index is 12.0. The smallest absolute Gasteiger partial charge is 0.356 e. The molecule has 0 amide bonds. The second kappa shape index (κ2) is 6.95. The van der Waals surface area contributed by atoms with Crippen molar-refractivity contribution < 1.29 is 19.2 Å². The number of hydrogen-bond acceptors (Lipinski definition) is 7. The van der Waals surface area contributed by atoms with Gasteiger partial charge in [0.2, 0.25) is 5.88 Å². The van der Waals surface area contributed by atoms with Gasteiger partial charge in [0, 0.05) is 17.5 Å². The minimum atomic E-state index is -0.527. The first-order valence-electron chi connectivity index (χ1n) is 8.42. The monoisotopic (exact) mass is 378 g/mol. The summed E-state index contributed by atoms with van der Waals surface area (Å²) < 4.78 is 10.9. The van der Waals surface area contributed by atoms with Crippen LogP contribution in [0.4, 0.5) is 5.69 Å². The molecule has 0 bridgehead atoms. The second-order valence-corrected chi connectivity index (χ2v) is 5.85.